The number of carbonyl (C=O) groups excluding carboxylic acids is 1. The van der Waals surface area contributed by atoms with E-state index >= 15 is 0 Å². The average Bonchev–Trinajstić information content (AvgIpc) is 3.20. The molecule has 3 aliphatic rings. The summed E-state index contributed by atoms with van der Waals surface area (Å²) in [6.45, 7) is 6.53. The van der Waals surface area contributed by atoms with Gasteiger partial charge in [0.05, 0.1) is 9.75 Å². The van der Waals surface area contributed by atoms with E-state index in [-0.39, 0.29) is 11.9 Å². The Morgan fingerprint density at radius 3 is 2.70 bits per heavy atom. The van der Waals surface area contributed by atoms with Crippen LogP contribution in [0.3, 0.4) is 0 Å². The molecule has 0 radical (unpaired) electrons. The lowest BCUT2D eigenvalue weighted by molar-refractivity contribution is 0.0218. The largest absolute Gasteiger partial charge is 0.347 e. The van der Waals surface area contributed by atoms with E-state index in [1.807, 2.05) is 19.1 Å². The van der Waals surface area contributed by atoms with E-state index < -0.39 is 0 Å². The van der Waals surface area contributed by atoms with Gasteiger partial charge in [-0.25, -0.2) is 0 Å². The highest BCUT2D eigenvalue weighted by Gasteiger charge is 2.40. The Bertz CT molecular complexity index is 715. The molecule has 2 atom stereocenters. The lowest BCUT2D eigenvalue weighted by atomic mass is 9.79. The normalized spacial score (nSPS) is 29.7. The molecule has 7 heteroatoms. The number of hydrogen-bond acceptors (Lipinski definition) is 6. The maximum Gasteiger partial charge on any atom is 0.261 e. The first-order chi connectivity index (χ1) is 11.1. The minimum Gasteiger partial charge on any atom is -0.347 e. The molecule has 0 saturated carbocycles. The van der Waals surface area contributed by atoms with Gasteiger partial charge in [-0.1, -0.05) is 11.3 Å². The number of rotatable bonds is 3. The molecule has 2 aromatic rings. The van der Waals surface area contributed by atoms with Crippen LogP contribution in [0.25, 0.3) is 9.88 Å². The standard InChI is InChI=1S/C16H20N4OS2/c1-9-14(11-5-7-20(9)8-6-11)17-15(21)12-3-4-13(23-12)16-19-18-10(2)22-16/h3-4,9,11,14H,5-8H2,1-2H3,(H,17,21). The van der Waals surface area contributed by atoms with Crippen LogP contribution in [0.5, 0.6) is 0 Å². The van der Waals surface area contributed by atoms with Gasteiger partial charge < -0.3 is 5.32 Å². The van der Waals surface area contributed by atoms with Crippen molar-refractivity contribution in [2.75, 3.05) is 13.1 Å². The van der Waals surface area contributed by atoms with Crippen LogP contribution in [0.15, 0.2) is 12.1 Å². The molecule has 5 rings (SSSR count). The van der Waals surface area contributed by atoms with E-state index in [9.17, 15) is 4.79 Å². The van der Waals surface area contributed by atoms with Crippen LogP contribution in [0.4, 0.5) is 0 Å². The molecule has 122 valence electrons. The molecule has 3 aliphatic heterocycles. The topological polar surface area (TPSA) is 58.1 Å². The highest BCUT2D eigenvalue weighted by atomic mass is 32.1. The van der Waals surface area contributed by atoms with Crippen LogP contribution in [0.1, 0.15) is 34.4 Å². The predicted molar refractivity (Wildman–Crippen MR) is 93.0 cm³/mol. The zero-order valence-corrected chi connectivity index (χ0v) is 14.9. The molecule has 1 amide bonds. The second-order valence-electron chi connectivity index (χ2n) is 6.40. The summed E-state index contributed by atoms with van der Waals surface area (Å²) in [7, 11) is 0. The van der Waals surface area contributed by atoms with Crippen molar-refractivity contribution in [2.24, 2.45) is 5.92 Å². The Morgan fingerprint density at radius 1 is 1.26 bits per heavy atom. The number of hydrogen-bond donors (Lipinski definition) is 1. The van der Waals surface area contributed by atoms with Crippen molar-refractivity contribution >= 4 is 28.6 Å². The molecule has 2 unspecified atom stereocenters. The van der Waals surface area contributed by atoms with Crippen LogP contribution >= 0.6 is 22.7 Å². The Labute approximate surface area is 143 Å². The third-order valence-corrected chi connectivity index (χ3v) is 7.13. The number of piperidine rings is 3. The number of aromatic nitrogens is 2. The van der Waals surface area contributed by atoms with Gasteiger partial charge in [-0.2, -0.15) is 0 Å². The fourth-order valence-electron chi connectivity index (χ4n) is 3.74. The van der Waals surface area contributed by atoms with Crippen LogP contribution in [-0.4, -0.2) is 46.2 Å². The van der Waals surface area contributed by atoms with Gasteiger partial charge in [-0.05, 0) is 57.8 Å². The summed E-state index contributed by atoms with van der Waals surface area (Å²) in [5.74, 6) is 0.678. The predicted octanol–water partition coefficient (Wildman–Crippen LogP) is 2.79. The first-order valence-corrected chi connectivity index (χ1v) is 9.70. The lowest BCUT2D eigenvalue weighted by Gasteiger charge is -2.49. The Balaban J connectivity index is 1.48. The summed E-state index contributed by atoms with van der Waals surface area (Å²) < 4.78 is 0. The van der Waals surface area contributed by atoms with E-state index in [4.69, 9.17) is 0 Å². The maximum atomic E-state index is 12.6. The molecule has 0 aliphatic carbocycles. The molecule has 23 heavy (non-hydrogen) atoms. The number of carbonyl (C=O) groups is 1. The zero-order valence-electron chi connectivity index (χ0n) is 13.3. The van der Waals surface area contributed by atoms with Gasteiger partial charge in [-0.3, -0.25) is 9.69 Å². The van der Waals surface area contributed by atoms with Gasteiger partial charge in [0.25, 0.3) is 5.91 Å². The molecule has 2 aromatic heterocycles. The summed E-state index contributed by atoms with van der Waals surface area (Å²) in [5, 5.41) is 13.3. The average molecular weight is 348 g/mol. The highest BCUT2D eigenvalue weighted by molar-refractivity contribution is 7.22. The number of nitrogens with one attached hydrogen (secondary N) is 1. The minimum atomic E-state index is 0.0492. The molecule has 3 fully saturated rings. The SMILES string of the molecule is Cc1nnc(-c2ccc(C(=O)NC3C4CCN(CC4)C3C)s2)s1. The summed E-state index contributed by atoms with van der Waals surface area (Å²) >= 11 is 3.06. The van der Waals surface area contributed by atoms with Gasteiger partial charge >= 0.3 is 0 Å². The van der Waals surface area contributed by atoms with Crippen molar-refractivity contribution in [2.45, 2.75) is 38.8 Å². The van der Waals surface area contributed by atoms with E-state index in [0.717, 1.165) is 19.8 Å². The monoisotopic (exact) mass is 348 g/mol. The van der Waals surface area contributed by atoms with Crippen molar-refractivity contribution in [3.8, 4) is 9.88 Å². The second kappa shape index (κ2) is 5.96. The third kappa shape index (κ3) is 2.81. The number of fused-ring (bicyclic) bond motifs is 3. The molecule has 2 bridgehead atoms. The van der Waals surface area contributed by atoms with E-state index in [0.29, 0.717) is 12.0 Å². The fraction of sp³-hybridized carbons (Fsp3) is 0.562. The summed E-state index contributed by atoms with van der Waals surface area (Å²) in [5.41, 5.74) is 0. The van der Waals surface area contributed by atoms with E-state index in [1.54, 1.807) is 11.3 Å². The van der Waals surface area contributed by atoms with Crippen LogP contribution < -0.4 is 5.32 Å². The van der Waals surface area contributed by atoms with Crippen molar-refractivity contribution in [3.63, 3.8) is 0 Å². The van der Waals surface area contributed by atoms with Gasteiger partial charge in [0, 0.05) is 12.1 Å². The van der Waals surface area contributed by atoms with Gasteiger partial charge in [0.2, 0.25) is 0 Å². The molecule has 5 heterocycles. The van der Waals surface area contributed by atoms with Crippen LogP contribution in [0.2, 0.25) is 0 Å². The third-order valence-electron chi connectivity index (χ3n) is 5.04. The highest BCUT2D eigenvalue weighted by Crippen LogP contribution is 2.33. The van der Waals surface area contributed by atoms with Crippen molar-refractivity contribution < 1.29 is 4.79 Å². The number of amides is 1. The number of thiophene rings is 1. The first kappa shape index (κ1) is 15.2. The van der Waals surface area contributed by atoms with E-state index in [1.165, 1.54) is 37.3 Å². The Morgan fingerprint density at radius 2 is 2.04 bits per heavy atom. The summed E-state index contributed by atoms with van der Waals surface area (Å²) in [4.78, 5) is 16.9. The quantitative estimate of drug-likeness (QED) is 0.927. The van der Waals surface area contributed by atoms with Crippen LogP contribution in [0, 0.1) is 12.8 Å². The molecule has 3 saturated heterocycles. The molecule has 0 spiro atoms. The summed E-state index contributed by atoms with van der Waals surface area (Å²) in [6.07, 6.45) is 2.41. The molecular formula is C16H20N4OS2. The van der Waals surface area contributed by atoms with Crippen LogP contribution in [-0.2, 0) is 0 Å². The molecular weight excluding hydrogens is 328 g/mol. The molecule has 5 nitrogen and oxygen atoms in total. The Hall–Kier alpha value is -1.31. The van der Waals surface area contributed by atoms with E-state index in [2.05, 4.69) is 27.3 Å². The second-order valence-corrected chi connectivity index (χ2v) is 8.67. The van der Waals surface area contributed by atoms with Gasteiger partial charge in [0.15, 0.2) is 5.01 Å². The zero-order chi connectivity index (χ0) is 16.0. The first-order valence-electron chi connectivity index (χ1n) is 8.07. The van der Waals surface area contributed by atoms with Gasteiger partial charge in [-0.15, -0.1) is 21.5 Å². The van der Waals surface area contributed by atoms with Crippen molar-refractivity contribution in [1.82, 2.24) is 20.4 Å². The molecule has 0 aromatic carbocycles. The van der Waals surface area contributed by atoms with Gasteiger partial charge in [0.1, 0.15) is 5.01 Å². The van der Waals surface area contributed by atoms with Crippen molar-refractivity contribution in [3.05, 3.63) is 22.0 Å². The number of aryl methyl sites for hydroxylation is 1. The maximum absolute atomic E-state index is 12.6. The lowest BCUT2D eigenvalue weighted by Crippen LogP contribution is -2.62. The van der Waals surface area contributed by atoms with Crippen molar-refractivity contribution in [1.29, 1.82) is 0 Å². The number of nitrogens with zero attached hydrogens (tertiary/aromatic N) is 3. The Kier molecular flexibility index (Phi) is 3.95. The fourth-order valence-corrected chi connectivity index (χ4v) is 5.39. The summed E-state index contributed by atoms with van der Waals surface area (Å²) in [6, 6.07) is 4.59. The smallest absolute Gasteiger partial charge is 0.261 e. The molecule has 1 N–H and O–H groups in total. The minimum absolute atomic E-state index is 0.0492.